The molecule has 3 saturated heterocycles. The summed E-state index contributed by atoms with van der Waals surface area (Å²) in [4.78, 5) is 52.4. The lowest BCUT2D eigenvalue weighted by molar-refractivity contribution is -0.144. The zero-order chi connectivity index (χ0) is 32.6. The van der Waals surface area contributed by atoms with Crippen LogP contribution in [0.4, 0.5) is 16.2 Å². The Morgan fingerprint density at radius 2 is 1.91 bits per heavy atom. The first-order valence-electron chi connectivity index (χ1n) is 13.2. The van der Waals surface area contributed by atoms with Gasteiger partial charge < -0.3 is 35.5 Å². The molecular formula is C21H24FN9O12P2S. The number of methoxy groups -OCH3 is 1. The van der Waals surface area contributed by atoms with E-state index in [1.807, 2.05) is 0 Å². The van der Waals surface area contributed by atoms with Gasteiger partial charge in [0.1, 0.15) is 47.9 Å². The SMILES string of the molecule is CO[C@H]1[C@H]2OP(=O)(O)OC[C@H]3O[C@@H](c4snc5c(N)ncnc45)C[C@]3(F)OP(=O)(O)OC[C@H]1O[C@H]2n1cnc2c(=O)[nH]c(N)nc21. The van der Waals surface area contributed by atoms with Crippen molar-refractivity contribution in [2.75, 3.05) is 31.8 Å². The molecule has 46 heavy (non-hydrogen) atoms. The first-order valence-corrected chi connectivity index (χ1v) is 17.0. The number of alkyl halides is 1. The number of fused-ring (bicyclic) bond motifs is 5. The maximum absolute atomic E-state index is 16.5. The number of ether oxygens (including phenoxy) is 3. The molecule has 4 aromatic heterocycles. The minimum atomic E-state index is -5.25. The summed E-state index contributed by atoms with van der Waals surface area (Å²) < 4.78 is 86.3. The number of phosphoric acid groups is 2. The molecule has 25 heteroatoms. The Bertz CT molecular complexity index is 1980. The largest absolute Gasteiger partial charge is 0.475 e. The molecule has 3 aliphatic heterocycles. The number of nitrogens with one attached hydrogen (secondary N) is 1. The number of rotatable bonds is 3. The number of hydrogen-bond acceptors (Lipinski definition) is 18. The molecule has 21 nitrogen and oxygen atoms in total. The van der Waals surface area contributed by atoms with Crippen LogP contribution < -0.4 is 17.0 Å². The Hall–Kier alpha value is -3.05. The highest BCUT2D eigenvalue weighted by Gasteiger charge is 2.58. The van der Waals surface area contributed by atoms with Gasteiger partial charge in [0.25, 0.3) is 11.4 Å². The van der Waals surface area contributed by atoms with Crippen molar-refractivity contribution in [3.63, 3.8) is 0 Å². The highest BCUT2D eigenvalue weighted by Crippen LogP contribution is 2.58. The molecule has 2 unspecified atom stereocenters. The first kappa shape index (κ1) is 31.5. The number of hydrogen-bond donors (Lipinski definition) is 5. The van der Waals surface area contributed by atoms with Gasteiger partial charge in [0.2, 0.25) is 5.95 Å². The van der Waals surface area contributed by atoms with Gasteiger partial charge in [-0.2, -0.15) is 9.36 Å². The number of imidazole rings is 1. The van der Waals surface area contributed by atoms with Crippen LogP contribution in [0.1, 0.15) is 23.6 Å². The Morgan fingerprint density at radius 1 is 1.13 bits per heavy atom. The van der Waals surface area contributed by atoms with Crippen molar-refractivity contribution in [2.45, 2.75) is 49.0 Å². The normalized spacial score (nSPS) is 37.1. The van der Waals surface area contributed by atoms with E-state index in [9.17, 15) is 23.7 Å². The van der Waals surface area contributed by atoms with E-state index in [0.29, 0.717) is 0 Å². The number of phosphoric ester groups is 2. The number of nitrogen functional groups attached to an aromatic ring is 2. The fraction of sp³-hybridized carbons (Fsp3) is 0.524. The number of aromatic nitrogens is 7. The number of aromatic amines is 1. The summed E-state index contributed by atoms with van der Waals surface area (Å²) in [5.41, 5.74) is 11.1. The number of nitrogens with zero attached hydrogens (tertiary/aromatic N) is 6. The third-order valence-electron chi connectivity index (χ3n) is 7.48. The fourth-order valence-corrected chi connectivity index (χ4v) is 8.23. The smallest absolute Gasteiger partial charge is 0.382 e. The maximum atomic E-state index is 16.5. The van der Waals surface area contributed by atoms with Crippen LogP contribution in [0.5, 0.6) is 0 Å². The van der Waals surface area contributed by atoms with Crippen molar-refractivity contribution in [1.29, 1.82) is 0 Å². The quantitative estimate of drug-likeness (QED) is 0.180. The average molecular weight is 707 g/mol. The van der Waals surface area contributed by atoms with E-state index in [2.05, 4.69) is 29.3 Å². The van der Waals surface area contributed by atoms with Gasteiger partial charge >= 0.3 is 15.6 Å². The van der Waals surface area contributed by atoms with Crippen LogP contribution in [0, 0.1) is 0 Å². The summed E-state index contributed by atoms with van der Waals surface area (Å²) in [6.07, 6.45) is -6.89. The van der Waals surface area contributed by atoms with Gasteiger partial charge in [-0.1, -0.05) is 0 Å². The highest BCUT2D eigenvalue weighted by molar-refractivity contribution is 7.47. The lowest BCUT2D eigenvalue weighted by atomic mass is 10.1. The molecule has 0 saturated carbocycles. The van der Waals surface area contributed by atoms with Crippen LogP contribution >= 0.6 is 27.2 Å². The Morgan fingerprint density at radius 3 is 2.70 bits per heavy atom. The molecule has 0 amide bonds. The second-order valence-corrected chi connectivity index (χ2v) is 13.9. The monoisotopic (exact) mass is 707 g/mol. The van der Waals surface area contributed by atoms with Crippen molar-refractivity contribution in [3.8, 4) is 0 Å². The van der Waals surface area contributed by atoms with Gasteiger partial charge in [0.15, 0.2) is 23.2 Å². The van der Waals surface area contributed by atoms with Crippen molar-refractivity contribution >= 4 is 61.1 Å². The minimum Gasteiger partial charge on any atom is -0.382 e. The standard InChI is InChI=1S/C21H24FN9O12P2S/c1-37-13-8-3-38-45(35,36)43-21(22)2-7(15-10-11(30-46-15)16(23)26-5-25-10)40-9(21)4-39-44(33,34)42-14(13)19(41-8)31-6-27-12-17(31)28-20(24)29-18(12)32/h5-9,13-14,19H,2-4H2,1H3,(H,33,34)(H,35,36)(H2,23,25,26)(H3,24,28,29,32)/t7-,8-,9-,13-,14-,19-,21+/m1/s1. The van der Waals surface area contributed by atoms with Crippen LogP contribution in [0.25, 0.3) is 22.2 Å². The Kier molecular flexibility index (Phi) is 7.74. The van der Waals surface area contributed by atoms with Crippen LogP contribution in [-0.2, 0) is 41.4 Å². The van der Waals surface area contributed by atoms with Gasteiger partial charge in [-0.05, 0) is 11.5 Å². The van der Waals surface area contributed by atoms with Gasteiger partial charge in [-0.3, -0.25) is 27.9 Å². The Balaban J connectivity index is 1.22. The molecule has 4 aromatic rings. The maximum Gasteiger partial charge on any atom is 0.475 e. The second-order valence-electron chi connectivity index (χ2n) is 10.3. The molecular weight excluding hydrogens is 683 g/mol. The number of H-pyrrole nitrogens is 1. The minimum absolute atomic E-state index is 0.0634. The van der Waals surface area contributed by atoms with Crippen molar-refractivity contribution in [2.24, 2.45) is 0 Å². The first-order chi connectivity index (χ1) is 21.8. The summed E-state index contributed by atoms with van der Waals surface area (Å²) >= 11 is 0.875. The zero-order valence-electron chi connectivity index (χ0n) is 23.2. The molecule has 3 aliphatic rings. The van der Waals surface area contributed by atoms with Crippen molar-refractivity contribution in [3.05, 3.63) is 27.9 Å². The molecule has 0 spiro atoms. The van der Waals surface area contributed by atoms with Crippen molar-refractivity contribution < 1.29 is 55.6 Å². The molecule has 0 aromatic carbocycles. The van der Waals surface area contributed by atoms with Crippen LogP contribution in [0.3, 0.4) is 0 Å². The Labute approximate surface area is 259 Å². The number of nitrogens with two attached hydrogens (primary N) is 2. The molecule has 248 valence electrons. The van der Waals surface area contributed by atoms with E-state index in [-0.39, 0.29) is 38.8 Å². The van der Waals surface area contributed by atoms with E-state index in [1.165, 1.54) is 18.0 Å². The topological polar surface area (TPSA) is 293 Å². The van der Waals surface area contributed by atoms with Crippen LogP contribution in [-0.4, -0.2) is 94.2 Å². The van der Waals surface area contributed by atoms with Gasteiger partial charge in [0, 0.05) is 13.5 Å². The van der Waals surface area contributed by atoms with Gasteiger partial charge in [-0.25, -0.2) is 33.0 Å². The molecule has 3 fully saturated rings. The molecule has 7 heterocycles. The third kappa shape index (κ3) is 5.51. The lowest BCUT2D eigenvalue weighted by Gasteiger charge is -2.28. The molecule has 2 bridgehead atoms. The van der Waals surface area contributed by atoms with E-state index in [0.717, 1.165) is 17.9 Å². The summed E-state index contributed by atoms with van der Waals surface area (Å²) in [6.45, 7) is -1.77. The second kappa shape index (κ2) is 11.3. The predicted octanol–water partition coefficient (Wildman–Crippen LogP) is 0.441. The van der Waals surface area contributed by atoms with Crippen LogP contribution in [0.15, 0.2) is 17.4 Å². The van der Waals surface area contributed by atoms with Crippen LogP contribution in [0.2, 0.25) is 0 Å². The van der Waals surface area contributed by atoms with Gasteiger partial charge in [-0.15, -0.1) is 0 Å². The summed E-state index contributed by atoms with van der Waals surface area (Å²) in [5, 5.41) is 0. The zero-order valence-corrected chi connectivity index (χ0v) is 25.8. The summed E-state index contributed by atoms with van der Waals surface area (Å²) in [5.74, 6) is -3.29. The molecule has 7 N–H and O–H groups in total. The molecule has 0 aliphatic carbocycles. The fourth-order valence-electron chi connectivity index (χ4n) is 5.48. The lowest BCUT2D eigenvalue weighted by Crippen LogP contribution is -2.39. The number of anilines is 2. The summed E-state index contributed by atoms with van der Waals surface area (Å²) in [7, 11) is -9.17. The van der Waals surface area contributed by atoms with E-state index in [4.69, 9.17) is 43.8 Å². The number of halogens is 1. The molecule has 0 radical (unpaired) electrons. The molecule has 7 rings (SSSR count). The van der Waals surface area contributed by atoms with Crippen molar-refractivity contribution in [1.82, 2.24) is 33.9 Å². The van der Waals surface area contributed by atoms with E-state index >= 15 is 4.39 Å². The summed E-state index contributed by atoms with van der Waals surface area (Å²) in [6, 6.07) is 0. The third-order valence-corrected chi connectivity index (χ3v) is 10.4. The molecule has 9 atom stereocenters. The van der Waals surface area contributed by atoms with Gasteiger partial charge in [0.05, 0.1) is 24.4 Å². The van der Waals surface area contributed by atoms with E-state index < -0.39 is 83.4 Å². The average Bonchev–Trinajstić information content (AvgIpc) is 3.73. The van der Waals surface area contributed by atoms with E-state index in [1.54, 1.807) is 0 Å². The highest BCUT2D eigenvalue weighted by atomic mass is 32.1. The predicted molar refractivity (Wildman–Crippen MR) is 150 cm³/mol.